The average molecular weight is 430 g/mol. The molecule has 0 aromatic heterocycles. The molecule has 8 nitrogen and oxygen atoms in total. The summed E-state index contributed by atoms with van der Waals surface area (Å²) in [6.45, 7) is 11.6. The maximum atomic E-state index is 12.9. The summed E-state index contributed by atoms with van der Waals surface area (Å²) in [6.07, 6.45) is 1.76. The molecule has 3 aliphatic rings. The summed E-state index contributed by atoms with van der Waals surface area (Å²) in [7, 11) is 0. The van der Waals surface area contributed by atoms with Gasteiger partial charge >= 0.3 is 6.09 Å². The van der Waals surface area contributed by atoms with Gasteiger partial charge in [0.1, 0.15) is 0 Å². The molecule has 0 bridgehead atoms. The normalized spacial score (nSPS) is 25.1. The van der Waals surface area contributed by atoms with Crippen LogP contribution in [0.4, 0.5) is 16.2 Å². The van der Waals surface area contributed by atoms with Crippen molar-refractivity contribution >= 4 is 23.4 Å². The molecular weight excluding hydrogens is 394 g/mol. The van der Waals surface area contributed by atoms with Crippen molar-refractivity contribution in [3.63, 3.8) is 0 Å². The quantitative estimate of drug-likeness (QED) is 0.769. The number of nitrogens with zero attached hydrogens (tertiary/aromatic N) is 3. The number of amides is 2. The Balaban J connectivity index is 1.60. The summed E-state index contributed by atoms with van der Waals surface area (Å²) in [5.74, 6) is 0.325. The number of anilines is 2. The fraction of sp³-hybridized carbons (Fsp3) is 0.652. The van der Waals surface area contributed by atoms with E-state index >= 15 is 0 Å². The van der Waals surface area contributed by atoms with E-state index in [1.165, 1.54) is 5.56 Å². The van der Waals surface area contributed by atoms with E-state index in [4.69, 9.17) is 4.74 Å². The molecule has 4 rings (SSSR count). The molecular formula is C23H35N5O3. The van der Waals surface area contributed by atoms with Crippen molar-refractivity contribution < 1.29 is 14.3 Å². The largest absolute Gasteiger partial charge is 0.446 e. The van der Waals surface area contributed by atoms with Gasteiger partial charge in [0, 0.05) is 38.5 Å². The van der Waals surface area contributed by atoms with Gasteiger partial charge in [-0.2, -0.15) is 0 Å². The van der Waals surface area contributed by atoms with E-state index in [1.807, 2.05) is 26.8 Å². The van der Waals surface area contributed by atoms with Gasteiger partial charge in [0.15, 0.2) is 0 Å². The molecule has 0 spiro atoms. The number of piperidine rings is 1. The van der Waals surface area contributed by atoms with Gasteiger partial charge in [-0.1, -0.05) is 6.07 Å². The number of benzene rings is 1. The van der Waals surface area contributed by atoms with Gasteiger partial charge in [0.05, 0.1) is 23.5 Å². The van der Waals surface area contributed by atoms with Gasteiger partial charge in [-0.15, -0.1) is 0 Å². The summed E-state index contributed by atoms with van der Waals surface area (Å²) in [4.78, 5) is 28.7. The molecule has 1 aromatic rings. The molecule has 2 atom stereocenters. The highest BCUT2D eigenvalue weighted by molar-refractivity contribution is 6.02. The molecule has 1 aromatic carbocycles. The molecule has 3 aliphatic heterocycles. The monoisotopic (exact) mass is 429 g/mol. The molecule has 31 heavy (non-hydrogen) atoms. The highest BCUT2D eigenvalue weighted by atomic mass is 16.6. The second-order valence-electron chi connectivity index (χ2n) is 9.22. The third-order valence-electron chi connectivity index (χ3n) is 6.51. The van der Waals surface area contributed by atoms with Crippen LogP contribution in [0.1, 0.15) is 52.0 Å². The van der Waals surface area contributed by atoms with Crippen LogP contribution in [0.3, 0.4) is 0 Å². The fourth-order valence-corrected chi connectivity index (χ4v) is 5.03. The Labute approximate surface area is 184 Å². The van der Waals surface area contributed by atoms with Crippen LogP contribution < -0.4 is 20.5 Å². The van der Waals surface area contributed by atoms with Crippen molar-refractivity contribution in [2.45, 2.75) is 64.6 Å². The minimum Gasteiger partial charge on any atom is -0.446 e. The number of rotatable bonds is 3. The molecule has 170 valence electrons. The van der Waals surface area contributed by atoms with Gasteiger partial charge in [0.2, 0.25) is 5.91 Å². The Morgan fingerprint density at radius 1 is 1.13 bits per heavy atom. The summed E-state index contributed by atoms with van der Waals surface area (Å²) in [5, 5.41) is 5.81. The van der Waals surface area contributed by atoms with Crippen molar-refractivity contribution in [2.24, 2.45) is 0 Å². The minimum absolute atomic E-state index is 0.0157. The first kappa shape index (κ1) is 22.0. The minimum atomic E-state index is -0.357. The molecule has 2 N–H and O–H groups in total. The van der Waals surface area contributed by atoms with Gasteiger partial charge in [-0.3, -0.25) is 15.1 Å². The van der Waals surface area contributed by atoms with Crippen LogP contribution in [-0.4, -0.2) is 67.9 Å². The molecule has 2 fully saturated rings. The molecule has 2 saturated heterocycles. The predicted molar refractivity (Wildman–Crippen MR) is 121 cm³/mol. The smallest absolute Gasteiger partial charge is 0.414 e. The van der Waals surface area contributed by atoms with Gasteiger partial charge in [0.25, 0.3) is 0 Å². The molecule has 0 saturated carbocycles. The number of ether oxygens (including phenoxy) is 1. The molecule has 2 amide bonds. The number of carbonyl (C=O) groups is 2. The second kappa shape index (κ2) is 9.14. The fourth-order valence-electron chi connectivity index (χ4n) is 5.03. The highest BCUT2D eigenvalue weighted by Gasteiger charge is 2.36. The number of hydrogen-bond acceptors (Lipinski definition) is 6. The summed E-state index contributed by atoms with van der Waals surface area (Å²) < 4.78 is 5.51. The number of carbonyl (C=O) groups excluding carboxylic acids is 2. The van der Waals surface area contributed by atoms with Gasteiger partial charge in [-0.25, -0.2) is 9.80 Å². The van der Waals surface area contributed by atoms with Crippen LogP contribution in [-0.2, 0) is 9.53 Å². The summed E-state index contributed by atoms with van der Waals surface area (Å²) >= 11 is 0. The lowest BCUT2D eigenvalue weighted by Gasteiger charge is -2.40. The maximum absolute atomic E-state index is 12.9. The highest BCUT2D eigenvalue weighted by Crippen LogP contribution is 2.39. The zero-order chi connectivity index (χ0) is 22.1. The Bertz CT molecular complexity index is 823. The van der Waals surface area contributed by atoms with E-state index in [-0.39, 0.29) is 24.1 Å². The van der Waals surface area contributed by atoms with E-state index in [2.05, 4.69) is 27.9 Å². The Morgan fingerprint density at radius 3 is 2.55 bits per heavy atom. The summed E-state index contributed by atoms with van der Waals surface area (Å²) in [6, 6.07) is 6.63. The number of nitrogens with one attached hydrogen (secondary N) is 2. The Hall–Kier alpha value is -2.16. The van der Waals surface area contributed by atoms with E-state index in [0.717, 1.165) is 50.4 Å². The molecule has 1 unspecified atom stereocenters. The van der Waals surface area contributed by atoms with Crippen molar-refractivity contribution in [3.05, 3.63) is 23.8 Å². The average Bonchev–Trinajstić information content (AvgIpc) is 3.23. The zero-order valence-electron chi connectivity index (χ0n) is 19.1. The van der Waals surface area contributed by atoms with Crippen molar-refractivity contribution in [1.29, 1.82) is 0 Å². The van der Waals surface area contributed by atoms with Crippen LogP contribution in [0.5, 0.6) is 0 Å². The van der Waals surface area contributed by atoms with Crippen molar-refractivity contribution in [1.82, 2.24) is 15.8 Å². The van der Waals surface area contributed by atoms with Crippen LogP contribution in [0, 0.1) is 0 Å². The molecule has 0 aliphatic carbocycles. The lowest BCUT2D eigenvalue weighted by Crippen LogP contribution is -2.51. The molecule has 8 heteroatoms. The maximum Gasteiger partial charge on any atom is 0.414 e. The van der Waals surface area contributed by atoms with Crippen molar-refractivity contribution in [2.75, 3.05) is 42.5 Å². The predicted octanol–water partition coefficient (Wildman–Crippen LogP) is 2.45. The van der Waals surface area contributed by atoms with E-state index in [0.29, 0.717) is 18.5 Å². The van der Waals surface area contributed by atoms with Gasteiger partial charge < -0.3 is 15.0 Å². The second-order valence-corrected chi connectivity index (χ2v) is 9.22. The first-order chi connectivity index (χ1) is 14.8. The SMILES string of the molecule is CC(=O)N1c2ccc(C3CNN(C4CCNCC4)C3)cc2N(C(=O)OC(C)C)C[C@@H]1C. The number of hydrazine groups is 1. The lowest BCUT2D eigenvalue weighted by molar-refractivity contribution is -0.117. The summed E-state index contributed by atoms with van der Waals surface area (Å²) in [5.41, 5.74) is 6.30. The van der Waals surface area contributed by atoms with Crippen LogP contribution >= 0.6 is 0 Å². The van der Waals surface area contributed by atoms with Crippen LogP contribution in [0.15, 0.2) is 18.2 Å². The standard InChI is InChI=1S/C23H35N5O3/c1-15(2)31-23(30)26-13-16(3)28(17(4)29)21-6-5-18(11-22(21)26)19-12-25-27(14-19)20-7-9-24-10-8-20/h5-6,11,15-16,19-20,24-25H,7-10,12-14H2,1-4H3/t16-,19?/m0/s1. The Kier molecular flexibility index (Phi) is 6.50. The van der Waals surface area contributed by atoms with E-state index < -0.39 is 0 Å². The van der Waals surface area contributed by atoms with E-state index in [9.17, 15) is 9.59 Å². The molecule has 3 heterocycles. The molecule has 0 radical (unpaired) electrons. The first-order valence-corrected chi connectivity index (χ1v) is 11.5. The number of fused-ring (bicyclic) bond motifs is 1. The third kappa shape index (κ3) is 4.56. The first-order valence-electron chi connectivity index (χ1n) is 11.5. The number of hydrogen-bond donors (Lipinski definition) is 2. The lowest BCUT2D eigenvalue weighted by atomic mass is 9.96. The topological polar surface area (TPSA) is 77.2 Å². The third-order valence-corrected chi connectivity index (χ3v) is 6.51. The zero-order valence-corrected chi connectivity index (χ0v) is 19.1. The van der Waals surface area contributed by atoms with E-state index in [1.54, 1.807) is 16.7 Å². The Morgan fingerprint density at radius 2 is 1.87 bits per heavy atom. The van der Waals surface area contributed by atoms with Crippen molar-refractivity contribution in [3.8, 4) is 0 Å². The van der Waals surface area contributed by atoms with Gasteiger partial charge in [-0.05, 0) is 64.4 Å². The van der Waals surface area contributed by atoms with Crippen LogP contribution in [0.25, 0.3) is 0 Å². The van der Waals surface area contributed by atoms with Crippen LogP contribution in [0.2, 0.25) is 0 Å².